The fraction of sp³-hybridized carbons (Fsp3) is 0.211. The molecular weight excluding hydrogens is 380 g/mol. The number of nitro benzene ring substituents is 1. The van der Waals surface area contributed by atoms with Crippen LogP contribution in [0.5, 0.6) is 11.5 Å². The molecule has 0 spiro atoms. The van der Waals surface area contributed by atoms with Gasteiger partial charge in [0.15, 0.2) is 11.5 Å². The average molecular weight is 398 g/mol. The maximum atomic E-state index is 12.5. The fourth-order valence-electron chi connectivity index (χ4n) is 2.66. The van der Waals surface area contributed by atoms with Crippen LogP contribution in [0.4, 0.5) is 5.69 Å². The highest BCUT2D eigenvalue weighted by Gasteiger charge is 2.19. The Bertz CT molecular complexity index is 1050. The highest BCUT2D eigenvalue weighted by atomic mass is 16.6. The van der Waals surface area contributed by atoms with Crippen molar-refractivity contribution in [2.24, 2.45) is 0 Å². The predicted octanol–water partition coefficient (Wildman–Crippen LogP) is 2.93. The maximum absolute atomic E-state index is 12.5. The lowest BCUT2D eigenvalue weighted by Gasteiger charge is -2.14. The van der Waals surface area contributed by atoms with Crippen molar-refractivity contribution < 1.29 is 23.7 Å². The van der Waals surface area contributed by atoms with Gasteiger partial charge in [-0.3, -0.25) is 14.9 Å². The molecule has 0 atom stereocenters. The van der Waals surface area contributed by atoms with Gasteiger partial charge in [0, 0.05) is 30.3 Å². The molecule has 0 N–H and O–H groups in total. The molecule has 2 aromatic carbocycles. The molecule has 1 heterocycles. The van der Waals surface area contributed by atoms with Crippen molar-refractivity contribution in [1.29, 1.82) is 0 Å². The molecule has 0 aliphatic rings. The smallest absolute Gasteiger partial charge is 0.270 e. The number of non-ortho nitro benzene ring substituents is 1. The summed E-state index contributed by atoms with van der Waals surface area (Å²) in [4.78, 5) is 28.5. The Hall–Kier alpha value is -3.95. The van der Waals surface area contributed by atoms with E-state index in [4.69, 9.17) is 14.0 Å². The SMILES string of the molecule is COc1ccc(-c2noc(CN(C)C(=O)c3cccc([N+](=O)[O-])c3)n2)cc1OC. The van der Waals surface area contributed by atoms with E-state index in [-0.39, 0.29) is 23.7 Å². The number of carbonyl (C=O) groups is 1. The van der Waals surface area contributed by atoms with E-state index in [0.29, 0.717) is 22.9 Å². The van der Waals surface area contributed by atoms with E-state index in [1.54, 1.807) is 25.2 Å². The van der Waals surface area contributed by atoms with Gasteiger partial charge in [0.1, 0.15) is 0 Å². The van der Waals surface area contributed by atoms with Gasteiger partial charge in [-0.05, 0) is 24.3 Å². The van der Waals surface area contributed by atoms with Crippen molar-refractivity contribution in [1.82, 2.24) is 15.0 Å². The topological polar surface area (TPSA) is 121 Å². The Balaban J connectivity index is 1.75. The molecule has 0 aliphatic carbocycles. The van der Waals surface area contributed by atoms with Crippen LogP contribution in [0, 0.1) is 10.1 Å². The van der Waals surface area contributed by atoms with Crippen LogP contribution in [0.3, 0.4) is 0 Å². The Morgan fingerprint density at radius 2 is 1.93 bits per heavy atom. The molecule has 3 aromatic rings. The van der Waals surface area contributed by atoms with Crippen molar-refractivity contribution in [2.45, 2.75) is 6.54 Å². The fourth-order valence-corrected chi connectivity index (χ4v) is 2.66. The van der Waals surface area contributed by atoms with E-state index in [1.807, 2.05) is 0 Å². The second-order valence-electron chi connectivity index (χ2n) is 6.05. The lowest BCUT2D eigenvalue weighted by Crippen LogP contribution is -2.26. The number of rotatable bonds is 7. The first-order valence-corrected chi connectivity index (χ1v) is 8.48. The molecule has 1 aromatic heterocycles. The quantitative estimate of drug-likeness (QED) is 0.440. The van der Waals surface area contributed by atoms with Gasteiger partial charge in [-0.1, -0.05) is 11.2 Å². The van der Waals surface area contributed by atoms with Crippen molar-refractivity contribution in [3.63, 3.8) is 0 Å². The zero-order valence-corrected chi connectivity index (χ0v) is 16.0. The second-order valence-corrected chi connectivity index (χ2v) is 6.05. The van der Waals surface area contributed by atoms with Crippen LogP contribution >= 0.6 is 0 Å². The molecule has 0 bridgehead atoms. The molecule has 10 nitrogen and oxygen atoms in total. The number of ether oxygens (including phenoxy) is 2. The zero-order valence-electron chi connectivity index (χ0n) is 16.0. The molecule has 0 saturated heterocycles. The van der Waals surface area contributed by atoms with E-state index in [2.05, 4.69) is 10.1 Å². The average Bonchev–Trinajstić information content (AvgIpc) is 3.21. The highest BCUT2D eigenvalue weighted by Crippen LogP contribution is 2.31. The van der Waals surface area contributed by atoms with E-state index in [0.717, 1.165) is 0 Å². The summed E-state index contributed by atoms with van der Waals surface area (Å²) in [5.74, 6) is 1.24. The molecule has 0 saturated carbocycles. The van der Waals surface area contributed by atoms with Gasteiger partial charge in [-0.15, -0.1) is 0 Å². The van der Waals surface area contributed by atoms with Crippen LogP contribution < -0.4 is 9.47 Å². The van der Waals surface area contributed by atoms with Crippen LogP contribution in [0.2, 0.25) is 0 Å². The highest BCUT2D eigenvalue weighted by molar-refractivity contribution is 5.94. The number of aromatic nitrogens is 2. The predicted molar refractivity (Wildman–Crippen MR) is 102 cm³/mol. The first-order valence-electron chi connectivity index (χ1n) is 8.48. The van der Waals surface area contributed by atoms with E-state index in [1.165, 1.54) is 43.4 Å². The molecular formula is C19H18N4O6. The Labute approximate surface area is 165 Å². The number of carbonyl (C=O) groups excluding carboxylic acids is 1. The molecule has 0 radical (unpaired) electrons. The normalized spacial score (nSPS) is 10.4. The van der Waals surface area contributed by atoms with Gasteiger partial charge < -0.3 is 18.9 Å². The van der Waals surface area contributed by atoms with Crippen LogP contribution in [0.25, 0.3) is 11.4 Å². The summed E-state index contributed by atoms with van der Waals surface area (Å²) in [7, 11) is 4.61. The summed E-state index contributed by atoms with van der Waals surface area (Å²) in [6.07, 6.45) is 0. The van der Waals surface area contributed by atoms with Gasteiger partial charge in [0.05, 0.1) is 25.7 Å². The summed E-state index contributed by atoms with van der Waals surface area (Å²) in [6, 6.07) is 10.7. The van der Waals surface area contributed by atoms with Crippen molar-refractivity contribution in [3.8, 4) is 22.9 Å². The number of amides is 1. The number of methoxy groups -OCH3 is 2. The molecule has 0 aliphatic heterocycles. The Morgan fingerprint density at radius 1 is 1.17 bits per heavy atom. The molecule has 150 valence electrons. The van der Waals surface area contributed by atoms with Crippen LogP contribution in [-0.2, 0) is 6.54 Å². The van der Waals surface area contributed by atoms with Crippen LogP contribution in [0.15, 0.2) is 47.0 Å². The number of nitro groups is 1. The minimum atomic E-state index is -0.551. The molecule has 1 amide bonds. The Kier molecular flexibility index (Phi) is 5.72. The number of benzene rings is 2. The second kappa shape index (κ2) is 8.38. The molecule has 0 fully saturated rings. The third-order valence-corrected chi connectivity index (χ3v) is 4.13. The first-order chi connectivity index (χ1) is 13.9. The largest absolute Gasteiger partial charge is 0.493 e. The summed E-state index contributed by atoms with van der Waals surface area (Å²) in [5.41, 5.74) is 0.699. The van der Waals surface area contributed by atoms with E-state index in [9.17, 15) is 14.9 Å². The standard InChI is InChI=1S/C19H18N4O6/c1-22(19(24)13-5-4-6-14(9-13)23(25)26)11-17-20-18(21-29-17)12-7-8-15(27-2)16(10-12)28-3/h4-10H,11H2,1-3H3. The monoisotopic (exact) mass is 398 g/mol. The van der Waals surface area contributed by atoms with Gasteiger partial charge in [0.25, 0.3) is 11.6 Å². The lowest BCUT2D eigenvalue weighted by molar-refractivity contribution is -0.384. The van der Waals surface area contributed by atoms with E-state index < -0.39 is 10.8 Å². The van der Waals surface area contributed by atoms with Gasteiger partial charge in [-0.25, -0.2) is 0 Å². The van der Waals surface area contributed by atoms with Crippen LogP contribution in [0.1, 0.15) is 16.2 Å². The summed E-state index contributed by atoms with van der Waals surface area (Å²) >= 11 is 0. The molecule has 29 heavy (non-hydrogen) atoms. The summed E-state index contributed by atoms with van der Waals surface area (Å²) in [5, 5.41) is 14.8. The maximum Gasteiger partial charge on any atom is 0.270 e. The van der Waals surface area contributed by atoms with Gasteiger partial charge >= 0.3 is 0 Å². The summed E-state index contributed by atoms with van der Waals surface area (Å²) in [6.45, 7) is 0.0435. The minimum absolute atomic E-state index is 0.0435. The molecule has 10 heteroatoms. The number of hydrogen-bond acceptors (Lipinski definition) is 8. The van der Waals surface area contributed by atoms with Crippen molar-refractivity contribution >= 4 is 11.6 Å². The third kappa shape index (κ3) is 4.32. The molecule has 3 rings (SSSR count). The van der Waals surface area contributed by atoms with Gasteiger partial charge in [0.2, 0.25) is 11.7 Å². The van der Waals surface area contributed by atoms with Crippen molar-refractivity contribution in [2.75, 3.05) is 21.3 Å². The lowest BCUT2D eigenvalue weighted by atomic mass is 10.2. The van der Waals surface area contributed by atoms with Crippen LogP contribution in [-0.4, -0.2) is 47.1 Å². The third-order valence-electron chi connectivity index (χ3n) is 4.13. The minimum Gasteiger partial charge on any atom is -0.493 e. The first kappa shape index (κ1) is 19.8. The summed E-state index contributed by atoms with van der Waals surface area (Å²) < 4.78 is 15.7. The molecule has 0 unspecified atom stereocenters. The Morgan fingerprint density at radius 3 is 2.62 bits per heavy atom. The van der Waals surface area contributed by atoms with Crippen molar-refractivity contribution in [3.05, 3.63) is 64.0 Å². The zero-order chi connectivity index (χ0) is 21.0. The van der Waals surface area contributed by atoms with Gasteiger partial charge in [-0.2, -0.15) is 4.98 Å². The van der Waals surface area contributed by atoms with E-state index >= 15 is 0 Å². The number of hydrogen-bond donors (Lipinski definition) is 0. The number of nitrogens with zero attached hydrogens (tertiary/aromatic N) is 4.